The first-order chi connectivity index (χ1) is 9.30. The van der Waals surface area contributed by atoms with E-state index in [0.717, 1.165) is 0 Å². The SMILES string of the molecule is CSCC[C@H](NC(=O)N1CCNC(=O)C1(C)C)C(=O)O. The van der Waals surface area contributed by atoms with Crippen LogP contribution in [0.2, 0.25) is 0 Å². The van der Waals surface area contributed by atoms with Gasteiger partial charge in [0.25, 0.3) is 0 Å². The summed E-state index contributed by atoms with van der Waals surface area (Å²) >= 11 is 1.52. The Morgan fingerprint density at radius 3 is 2.75 bits per heavy atom. The molecule has 114 valence electrons. The normalized spacial score (nSPS) is 19.1. The fourth-order valence-corrected chi connectivity index (χ4v) is 2.45. The van der Waals surface area contributed by atoms with Crippen LogP contribution in [0.1, 0.15) is 20.3 Å². The Kier molecular flexibility index (Phi) is 5.67. The van der Waals surface area contributed by atoms with E-state index in [1.807, 2.05) is 6.26 Å². The summed E-state index contributed by atoms with van der Waals surface area (Å²) < 4.78 is 0. The van der Waals surface area contributed by atoms with Crippen LogP contribution < -0.4 is 10.6 Å². The van der Waals surface area contributed by atoms with Crippen molar-refractivity contribution >= 4 is 29.7 Å². The van der Waals surface area contributed by atoms with Crippen LogP contribution >= 0.6 is 11.8 Å². The molecule has 0 bridgehead atoms. The van der Waals surface area contributed by atoms with Crippen LogP contribution in [-0.4, -0.2) is 64.6 Å². The van der Waals surface area contributed by atoms with Crippen LogP contribution in [0.5, 0.6) is 0 Å². The molecule has 3 N–H and O–H groups in total. The molecule has 0 saturated carbocycles. The number of nitrogens with one attached hydrogen (secondary N) is 2. The second-order valence-corrected chi connectivity index (χ2v) is 6.07. The van der Waals surface area contributed by atoms with Gasteiger partial charge >= 0.3 is 12.0 Å². The molecular weight excluding hydrogens is 282 g/mol. The zero-order chi connectivity index (χ0) is 15.3. The van der Waals surface area contributed by atoms with Gasteiger partial charge in [-0.2, -0.15) is 11.8 Å². The molecular formula is C12H21N3O4S. The Bertz CT molecular complexity index is 400. The van der Waals surface area contributed by atoms with Gasteiger partial charge in [-0.3, -0.25) is 4.79 Å². The van der Waals surface area contributed by atoms with Gasteiger partial charge < -0.3 is 20.6 Å². The van der Waals surface area contributed by atoms with Crippen LogP contribution in [0, 0.1) is 0 Å². The summed E-state index contributed by atoms with van der Waals surface area (Å²) in [6.45, 7) is 4.01. The highest BCUT2D eigenvalue weighted by Gasteiger charge is 2.41. The van der Waals surface area contributed by atoms with Gasteiger partial charge in [-0.05, 0) is 32.3 Å². The molecule has 0 unspecified atom stereocenters. The molecule has 0 aromatic carbocycles. The summed E-state index contributed by atoms with van der Waals surface area (Å²) in [5.41, 5.74) is -0.981. The van der Waals surface area contributed by atoms with Gasteiger partial charge in [-0.15, -0.1) is 0 Å². The van der Waals surface area contributed by atoms with E-state index in [0.29, 0.717) is 25.3 Å². The van der Waals surface area contributed by atoms with E-state index >= 15 is 0 Å². The number of hydrogen-bond donors (Lipinski definition) is 3. The summed E-state index contributed by atoms with van der Waals surface area (Å²) in [7, 11) is 0. The minimum absolute atomic E-state index is 0.241. The number of hydrogen-bond acceptors (Lipinski definition) is 4. The number of thioether (sulfide) groups is 1. The van der Waals surface area contributed by atoms with Crippen molar-refractivity contribution in [1.82, 2.24) is 15.5 Å². The number of rotatable bonds is 5. The molecule has 1 fully saturated rings. The van der Waals surface area contributed by atoms with Crippen LogP contribution in [0.25, 0.3) is 0 Å². The number of carbonyl (C=O) groups excluding carboxylic acids is 2. The number of urea groups is 1. The predicted molar refractivity (Wildman–Crippen MR) is 76.7 cm³/mol. The largest absolute Gasteiger partial charge is 0.480 e. The standard InChI is InChI=1S/C12H21N3O4S/c1-12(2)10(18)13-5-6-15(12)11(19)14-8(9(16)17)4-7-20-3/h8H,4-7H2,1-3H3,(H,13,18)(H,14,19)(H,16,17)/t8-/m0/s1. The minimum Gasteiger partial charge on any atom is -0.480 e. The number of amides is 3. The molecule has 0 spiro atoms. The fourth-order valence-electron chi connectivity index (χ4n) is 1.98. The number of aliphatic carboxylic acids is 1. The minimum atomic E-state index is -1.06. The van der Waals surface area contributed by atoms with Gasteiger partial charge in [0.2, 0.25) is 5.91 Å². The Morgan fingerprint density at radius 2 is 2.20 bits per heavy atom. The first kappa shape index (κ1) is 16.6. The molecule has 7 nitrogen and oxygen atoms in total. The van der Waals surface area contributed by atoms with Gasteiger partial charge in [0.05, 0.1) is 0 Å². The molecule has 1 rings (SSSR count). The maximum absolute atomic E-state index is 12.2. The molecule has 1 saturated heterocycles. The van der Waals surface area contributed by atoms with Gasteiger partial charge in [0.1, 0.15) is 11.6 Å². The average molecular weight is 303 g/mol. The topological polar surface area (TPSA) is 98.7 Å². The van der Waals surface area contributed by atoms with E-state index in [1.54, 1.807) is 13.8 Å². The van der Waals surface area contributed by atoms with Gasteiger partial charge in [-0.25, -0.2) is 9.59 Å². The Morgan fingerprint density at radius 1 is 1.55 bits per heavy atom. The Hall–Kier alpha value is -1.44. The lowest BCUT2D eigenvalue weighted by Crippen LogP contribution is -2.66. The van der Waals surface area contributed by atoms with Crippen molar-refractivity contribution in [2.75, 3.05) is 25.1 Å². The first-order valence-corrected chi connectivity index (χ1v) is 7.78. The maximum Gasteiger partial charge on any atom is 0.326 e. The van der Waals surface area contributed by atoms with E-state index in [2.05, 4.69) is 10.6 Å². The monoisotopic (exact) mass is 303 g/mol. The van der Waals surface area contributed by atoms with Crippen LogP contribution in [0.4, 0.5) is 4.79 Å². The van der Waals surface area contributed by atoms with E-state index in [-0.39, 0.29) is 5.91 Å². The van der Waals surface area contributed by atoms with Crippen molar-refractivity contribution in [3.05, 3.63) is 0 Å². The summed E-state index contributed by atoms with van der Waals surface area (Å²) in [5.74, 6) is -0.664. The van der Waals surface area contributed by atoms with Crippen molar-refractivity contribution in [1.29, 1.82) is 0 Å². The maximum atomic E-state index is 12.2. The van der Waals surface area contributed by atoms with Gasteiger partial charge in [0, 0.05) is 13.1 Å². The van der Waals surface area contributed by atoms with E-state index < -0.39 is 23.6 Å². The van der Waals surface area contributed by atoms with Crippen molar-refractivity contribution in [2.24, 2.45) is 0 Å². The zero-order valence-corrected chi connectivity index (χ0v) is 12.7. The molecule has 0 aliphatic carbocycles. The lowest BCUT2D eigenvalue weighted by atomic mass is 9.99. The second-order valence-electron chi connectivity index (χ2n) is 5.09. The lowest BCUT2D eigenvalue weighted by molar-refractivity contribution is -0.139. The Labute approximate surface area is 122 Å². The second kappa shape index (κ2) is 6.83. The number of carbonyl (C=O) groups is 3. The Balaban J connectivity index is 2.72. The summed E-state index contributed by atoms with van der Waals surface area (Å²) in [6.07, 6.45) is 2.22. The number of carboxylic acid groups (broad SMARTS) is 1. The highest BCUT2D eigenvalue weighted by atomic mass is 32.2. The molecule has 1 heterocycles. The molecule has 8 heteroatoms. The van der Waals surface area contributed by atoms with Crippen molar-refractivity contribution in [2.45, 2.75) is 31.8 Å². The molecule has 0 aromatic heterocycles. The molecule has 1 aliphatic rings. The van der Waals surface area contributed by atoms with Crippen LogP contribution in [0.15, 0.2) is 0 Å². The molecule has 3 amide bonds. The quantitative estimate of drug-likeness (QED) is 0.670. The van der Waals surface area contributed by atoms with Gasteiger partial charge in [-0.1, -0.05) is 0 Å². The fraction of sp³-hybridized carbons (Fsp3) is 0.750. The summed E-state index contributed by atoms with van der Waals surface area (Å²) in [4.78, 5) is 36.5. The number of piperazine rings is 1. The predicted octanol–water partition coefficient (Wildman–Crippen LogP) is 0.113. The smallest absolute Gasteiger partial charge is 0.326 e. The van der Waals surface area contributed by atoms with Gasteiger partial charge in [0.15, 0.2) is 0 Å². The van der Waals surface area contributed by atoms with E-state index in [9.17, 15) is 14.4 Å². The van der Waals surface area contributed by atoms with Crippen LogP contribution in [-0.2, 0) is 9.59 Å². The highest BCUT2D eigenvalue weighted by molar-refractivity contribution is 7.98. The molecule has 1 aliphatic heterocycles. The third kappa shape index (κ3) is 3.78. The molecule has 1 atom stereocenters. The number of carboxylic acids is 1. The molecule has 0 radical (unpaired) electrons. The lowest BCUT2D eigenvalue weighted by Gasteiger charge is -2.41. The zero-order valence-electron chi connectivity index (χ0n) is 11.9. The highest BCUT2D eigenvalue weighted by Crippen LogP contribution is 2.18. The average Bonchev–Trinajstić information content (AvgIpc) is 2.37. The van der Waals surface area contributed by atoms with Crippen molar-refractivity contribution < 1.29 is 19.5 Å². The third-order valence-electron chi connectivity index (χ3n) is 3.30. The molecule has 20 heavy (non-hydrogen) atoms. The summed E-state index contributed by atoms with van der Waals surface area (Å²) in [6, 6.07) is -1.45. The van der Waals surface area contributed by atoms with Crippen LogP contribution in [0.3, 0.4) is 0 Å². The van der Waals surface area contributed by atoms with Crippen molar-refractivity contribution in [3.63, 3.8) is 0 Å². The first-order valence-electron chi connectivity index (χ1n) is 6.39. The van der Waals surface area contributed by atoms with E-state index in [4.69, 9.17) is 5.11 Å². The summed E-state index contributed by atoms with van der Waals surface area (Å²) in [5, 5.41) is 14.3. The molecule has 0 aromatic rings. The van der Waals surface area contributed by atoms with Crippen molar-refractivity contribution in [3.8, 4) is 0 Å². The third-order valence-corrected chi connectivity index (χ3v) is 3.95. The number of nitrogens with zero attached hydrogens (tertiary/aromatic N) is 1. The van der Waals surface area contributed by atoms with E-state index in [1.165, 1.54) is 16.7 Å².